The van der Waals surface area contributed by atoms with E-state index < -0.39 is 0 Å². The van der Waals surface area contributed by atoms with Crippen LogP contribution >= 0.6 is 0 Å². The van der Waals surface area contributed by atoms with Gasteiger partial charge in [-0.25, -0.2) is 4.98 Å². The van der Waals surface area contributed by atoms with Crippen LogP contribution < -0.4 is 5.73 Å². The lowest BCUT2D eigenvalue weighted by Crippen LogP contribution is -1.88. The summed E-state index contributed by atoms with van der Waals surface area (Å²) in [5.41, 5.74) is 7.34. The fourth-order valence-corrected chi connectivity index (χ4v) is 1.15. The van der Waals surface area contributed by atoms with E-state index in [-0.39, 0.29) is 0 Å². The van der Waals surface area contributed by atoms with E-state index in [0.29, 0.717) is 5.82 Å². The standard InChI is InChI=1S/C13H10N2/c14-13-9-8-12(10-15-13)7-6-11-4-2-1-3-5-11/h1-5,8-10H,(H2,14,15). The normalized spacial score (nSPS) is 9.07. The molecule has 0 unspecified atom stereocenters. The Labute approximate surface area is 88.8 Å². The van der Waals surface area contributed by atoms with Crippen molar-refractivity contribution in [2.24, 2.45) is 0 Å². The number of benzene rings is 1. The molecule has 1 aromatic heterocycles. The zero-order valence-corrected chi connectivity index (χ0v) is 8.14. The Morgan fingerprint density at radius 2 is 1.60 bits per heavy atom. The maximum Gasteiger partial charge on any atom is 0.123 e. The number of nitrogens with two attached hydrogens (primary N) is 1. The molecule has 0 aliphatic heterocycles. The van der Waals surface area contributed by atoms with Gasteiger partial charge in [0.25, 0.3) is 0 Å². The first-order valence-electron chi connectivity index (χ1n) is 4.63. The Morgan fingerprint density at radius 3 is 2.27 bits per heavy atom. The fraction of sp³-hybridized carbons (Fsp3) is 0. The lowest BCUT2D eigenvalue weighted by Gasteiger charge is -1.91. The van der Waals surface area contributed by atoms with Gasteiger partial charge in [0.15, 0.2) is 0 Å². The van der Waals surface area contributed by atoms with Gasteiger partial charge in [0.1, 0.15) is 5.82 Å². The summed E-state index contributed by atoms with van der Waals surface area (Å²) in [6, 6.07) is 13.4. The molecular formula is C13H10N2. The summed E-state index contributed by atoms with van der Waals surface area (Å²) in [7, 11) is 0. The minimum absolute atomic E-state index is 0.514. The van der Waals surface area contributed by atoms with E-state index in [1.54, 1.807) is 12.3 Å². The van der Waals surface area contributed by atoms with Crippen LogP contribution in [0.5, 0.6) is 0 Å². The zero-order chi connectivity index (χ0) is 10.5. The van der Waals surface area contributed by atoms with Crippen molar-refractivity contribution in [3.8, 4) is 11.8 Å². The zero-order valence-electron chi connectivity index (χ0n) is 8.14. The van der Waals surface area contributed by atoms with Crippen LogP contribution in [0.3, 0.4) is 0 Å². The fourth-order valence-electron chi connectivity index (χ4n) is 1.15. The summed E-state index contributed by atoms with van der Waals surface area (Å²) in [6.07, 6.45) is 1.67. The van der Waals surface area contributed by atoms with E-state index in [0.717, 1.165) is 11.1 Å². The largest absolute Gasteiger partial charge is 0.384 e. The van der Waals surface area contributed by atoms with Crippen LogP contribution in [0, 0.1) is 11.8 Å². The van der Waals surface area contributed by atoms with E-state index in [1.165, 1.54) is 0 Å². The van der Waals surface area contributed by atoms with Crippen LogP contribution in [0.2, 0.25) is 0 Å². The van der Waals surface area contributed by atoms with Crippen LogP contribution in [0.25, 0.3) is 0 Å². The van der Waals surface area contributed by atoms with Gasteiger partial charge in [-0.3, -0.25) is 0 Å². The molecule has 2 nitrogen and oxygen atoms in total. The van der Waals surface area contributed by atoms with Crippen molar-refractivity contribution < 1.29 is 0 Å². The average Bonchev–Trinajstić information content (AvgIpc) is 2.30. The van der Waals surface area contributed by atoms with Crippen LogP contribution in [0.4, 0.5) is 5.82 Å². The third kappa shape index (κ3) is 2.58. The molecule has 0 bridgehead atoms. The van der Waals surface area contributed by atoms with Crippen LogP contribution in [0.15, 0.2) is 48.7 Å². The average molecular weight is 194 g/mol. The van der Waals surface area contributed by atoms with E-state index in [9.17, 15) is 0 Å². The molecule has 1 aromatic carbocycles. The maximum atomic E-state index is 5.47. The van der Waals surface area contributed by atoms with Gasteiger partial charge in [-0.05, 0) is 24.3 Å². The smallest absolute Gasteiger partial charge is 0.123 e. The van der Waals surface area contributed by atoms with Crippen LogP contribution in [0.1, 0.15) is 11.1 Å². The Hall–Kier alpha value is -2.27. The van der Waals surface area contributed by atoms with Crippen molar-refractivity contribution in [3.63, 3.8) is 0 Å². The number of hydrogen-bond acceptors (Lipinski definition) is 2. The Morgan fingerprint density at radius 1 is 0.867 bits per heavy atom. The van der Waals surface area contributed by atoms with Crippen molar-refractivity contribution in [3.05, 3.63) is 59.8 Å². The molecule has 0 saturated heterocycles. The minimum Gasteiger partial charge on any atom is -0.384 e. The van der Waals surface area contributed by atoms with Crippen molar-refractivity contribution in [2.75, 3.05) is 5.73 Å². The van der Waals surface area contributed by atoms with Crippen molar-refractivity contribution in [1.29, 1.82) is 0 Å². The molecule has 0 aliphatic carbocycles. The van der Waals surface area contributed by atoms with Gasteiger partial charge in [-0.1, -0.05) is 30.0 Å². The summed E-state index contributed by atoms with van der Waals surface area (Å²) in [5.74, 6) is 6.58. The number of anilines is 1. The summed E-state index contributed by atoms with van der Waals surface area (Å²) >= 11 is 0. The first-order valence-corrected chi connectivity index (χ1v) is 4.63. The molecule has 0 radical (unpaired) electrons. The van der Waals surface area contributed by atoms with Gasteiger partial charge in [-0.15, -0.1) is 0 Å². The number of hydrogen-bond donors (Lipinski definition) is 1. The highest BCUT2D eigenvalue weighted by Crippen LogP contribution is 2.00. The predicted molar refractivity (Wildman–Crippen MR) is 61.1 cm³/mol. The van der Waals surface area contributed by atoms with Crippen molar-refractivity contribution in [1.82, 2.24) is 4.98 Å². The van der Waals surface area contributed by atoms with E-state index in [1.807, 2.05) is 36.4 Å². The van der Waals surface area contributed by atoms with Crippen LogP contribution in [-0.2, 0) is 0 Å². The predicted octanol–water partition coefficient (Wildman–Crippen LogP) is 2.06. The molecule has 0 saturated carbocycles. The van der Waals surface area contributed by atoms with E-state index >= 15 is 0 Å². The number of rotatable bonds is 0. The number of pyridine rings is 1. The van der Waals surface area contributed by atoms with E-state index in [2.05, 4.69) is 16.8 Å². The van der Waals surface area contributed by atoms with Crippen molar-refractivity contribution >= 4 is 5.82 Å². The number of nitrogen functional groups attached to an aromatic ring is 1. The molecule has 2 rings (SSSR count). The van der Waals surface area contributed by atoms with E-state index in [4.69, 9.17) is 5.73 Å². The lowest BCUT2D eigenvalue weighted by molar-refractivity contribution is 1.32. The molecule has 2 aromatic rings. The highest BCUT2D eigenvalue weighted by atomic mass is 14.8. The molecule has 1 heterocycles. The second kappa shape index (κ2) is 4.30. The summed E-state index contributed by atoms with van der Waals surface area (Å²) in [6.45, 7) is 0. The topological polar surface area (TPSA) is 38.9 Å². The Kier molecular flexibility index (Phi) is 2.66. The molecule has 0 atom stereocenters. The second-order valence-electron chi connectivity index (χ2n) is 3.09. The summed E-state index contributed by atoms with van der Waals surface area (Å²) in [4.78, 5) is 3.97. The highest BCUT2D eigenvalue weighted by Gasteiger charge is 1.87. The molecule has 0 aliphatic rings. The van der Waals surface area contributed by atoms with Crippen LogP contribution in [-0.4, -0.2) is 4.98 Å². The highest BCUT2D eigenvalue weighted by molar-refractivity contribution is 5.43. The monoisotopic (exact) mass is 194 g/mol. The summed E-state index contributed by atoms with van der Waals surface area (Å²) < 4.78 is 0. The summed E-state index contributed by atoms with van der Waals surface area (Å²) in [5, 5.41) is 0. The van der Waals surface area contributed by atoms with Gasteiger partial charge in [0.2, 0.25) is 0 Å². The first-order chi connectivity index (χ1) is 7.34. The molecule has 0 fully saturated rings. The maximum absolute atomic E-state index is 5.47. The Bertz CT molecular complexity index is 490. The molecule has 0 spiro atoms. The van der Waals surface area contributed by atoms with Gasteiger partial charge in [0.05, 0.1) is 0 Å². The molecule has 72 valence electrons. The van der Waals surface area contributed by atoms with Gasteiger partial charge in [-0.2, -0.15) is 0 Å². The second-order valence-corrected chi connectivity index (χ2v) is 3.09. The molecule has 2 heteroatoms. The molecule has 15 heavy (non-hydrogen) atoms. The van der Waals surface area contributed by atoms with Crippen molar-refractivity contribution in [2.45, 2.75) is 0 Å². The quantitative estimate of drug-likeness (QED) is 0.652. The lowest BCUT2D eigenvalue weighted by atomic mass is 10.2. The molecule has 0 amide bonds. The number of aromatic nitrogens is 1. The Balaban J connectivity index is 2.22. The minimum atomic E-state index is 0.514. The SMILES string of the molecule is Nc1ccc(C#Cc2ccccc2)cn1. The third-order valence-corrected chi connectivity index (χ3v) is 1.91. The van der Waals surface area contributed by atoms with Gasteiger partial charge < -0.3 is 5.73 Å². The molecule has 2 N–H and O–H groups in total. The van der Waals surface area contributed by atoms with Gasteiger partial charge in [0, 0.05) is 17.3 Å². The third-order valence-electron chi connectivity index (χ3n) is 1.91. The first kappa shape index (κ1) is 9.29. The molecular weight excluding hydrogens is 184 g/mol. The number of nitrogens with zero attached hydrogens (tertiary/aromatic N) is 1. The van der Waals surface area contributed by atoms with Gasteiger partial charge >= 0.3 is 0 Å².